The zero-order valence-corrected chi connectivity index (χ0v) is 9.53. The molecule has 0 radical (unpaired) electrons. The highest BCUT2D eigenvalue weighted by Gasteiger charge is 2.10. The molecule has 0 aliphatic carbocycles. The maximum Gasteiger partial charge on any atom is 0.253 e. The standard InChI is InChI=1S/C12H18N2O/c1-9(2)7-10(3)14-12(15)11-5-4-6-13-8-11/h4-6,8-10H,7H2,1-3H3,(H,14,15)/t10-/m0/s1. The van der Waals surface area contributed by atoms with Crippen LogP contribution in [0.1, 0.15) is 37.6 Å². The van der Waals surface area contributed by atoms with E-state index in [9.17, 15) is 4.79 Å². The molecule has 1 aromatic rings. The lowest BCUT2D eigenvalue weighted by Crippen LogP contribution is -2.33. The molecule has 0 saturated heterocycles. The Bertz CT molecular complexity index is 309. The van der Waals surface area contributed by atoms with E-state index in [1.54, 1.807) is 24.5 Å². The van der Waals surface area contributed by atoms with E-state index in [0.29, 0.717) is 11.5 Å². The third-order valence-corrected chi connectivity index (χ3v) is 2.13. The first-order chi connectivity index (χ1) is 7.09. The van der Waals surface area contributed by atoms with Crippen LogP contribution in [0.15, 0.2) is 24.5 Å². The van der Waals surface area contributed by atoms with Crippen LogP contribution >= 0.6 is 0 Å². The summed E-state index contributed by atoms with van der Waals surface area (Å²) >= 11 is 0. The first kappa shape index (κ1) is 11.7. The molecule has 1 aromatic heterocycles. The summed E-state index contributed by atoms with van der Waals surface area (Å²) < 4.78 is 0. The Balaban J connectivity index is 2.49. The molecule has 82 valence electrons. The Labute approximate surface area is 90.9 Å². The minimum atomic E-state index is -0.0451. The van der Waals surface area contributed by atoms with Gasteiger partial charge in [0.15, 0.2) is 0 Å². The van der Waals surface area contributed by atoms with E-state index in [0.717, 1.165) is 6.42 Å². The number of nitrogens with one attached hydrogen (secondary N) is 1. The van der Waals surface area contributed by atoms with Crippen molar-refractivity contribution < 1.29 is 4.79 Å². The Morgan fingerprint density at radius 2 is 2.20 bits per heavy atom. The number of nitrogens with zero attached hydrogens (tertiary/aromatic N) is 1. The highest BCUT2D eigenvalue weighted by molar-refractivity contribution is 5.93. The van der Waals surface area contributed by atoms with E-state index in [1.165, 1.54) is 0 Å². The minimum absolute atomic E-state index is 0.0451. The summed E-state index contributed by atoms with van der Waals surface area (Å²) in [5, 5.41) is 2.95. The lowest BCUT2D eigenvalue weighted by Gasteiger charge is -2.15. The van der Waals surface area contributed by atoms with Gasteiger partial charge < -0.3 is 5.32 Å². The molecule has 0 aromatic carbocycles. The first-order valence-corrected chi connectivity index (χ1v) is 5.30. The van der Waals surface area contributed by atoms with Gasteiger partial charge in [-0.05, 0) is 31.4 Å². The molecular formula is C12H18N2O. The molecule has 0 saturated carbocycles. The zero-order valence-electron chi connectivity index (χ0n) is 9.53. The van der Waals surface area contributed by atoms with Gasteiger partial charge >= 0.3 is 0 Å². The molecule has 3 heteroatoms. The van der Waals surface area contributed by atoms with Crippen molar-refractivity contribution in [3.8, 4) is 0 Å². The summed E-state index contributed by atoms with van der Waals surface area (Å²) in [6, 6.07) is 3.74. The van der Waals surface area contributed by atoms with Gasteiger partial charge in [-0.25, -0.2) is 0 Å². The van der Waals surface area contributed by atoms with Gasteiger partial charge in [0.25, 0.3) is 5.91 Å². The van der Waals surface area contributed by atoms with Gasteiger partial charge in [0.2, 0.25) is 0 Å². The van der Waals surface area contributed by atoms with Crippen LogP contribution in [-0.4, -0.2) is 16.9 Å². The maximum absolute atomic E-state index is 11.7. The van der Waals surface area contributed by atoms with Gasteiger partial charge in [-0.1, -0.05) is 13.8 Å². The Morgan fingerprint density at radius 1 is 1.47 bits per heavy atom. The fourth-order valence-electron chi connectivity index (χ4n) is 1.57. The molecule has 0 spiro atoms. The van der Waals surface area contributed by atoms with Crippen molar-refractivity contribution in [1.29, 1.82) is 0 Å². The third kappa shape index (κ3) is 4.11. The minimum Gasteiger partial charge on any atom is -0.350 e. The smallest absolute Gasteiger partial charge is 0.253 e. The number of rotatable bonds is 4. The SMILES string of the molecule is CC(C)C[C@H](C)NC(=O)c1cccnc1. The predicted octanol–water partition coefficient (Wildman–Crippen LogP) is 2.25. The van der Waals surface area contributed by atoms with E-state index in [4.69, 9.17) is 0 Å². The van der Waals surface area contributed by atoms with Crippen molar-refractivity contribution in [3.05, 3.63) is 30.1 Å². The summed E-state index contributed by atoms with van der Waals surface area (Å²) in [6.45, 7) is 6.31. The zero-order chi connectivity index (χ0) is 11.3. The molecule has 1 amide bonds. The maximum atomic E-state index is 11.7. The largest absolute Gasteiger partial charge is 0.350 e. The Hall–Kier alpha value is -1.38. The van der Waals surface area contributed by atoms with Crippen molar-refractivity contribution >= 4 is 5.91 Å². The van der Waals surface area contributed by atoms with Crippen LogP contribution in [0.2, 0.25) is 0 Å². The fourth-order valence-corrected chi connectivity index (χ4v) is 1.57. The highest BCUT2D eigenvalue weighted by atomic mass is 16.1. The number of pyridine rings is 1. The van der Waals surface area contributed by atoms with E-state index in [1.807, 2.05) is 6.92 Å². The van der Waals surface area contributed by atoms with Crippen LogP contribution < -0.4 is 5.32 Å². The molecule has 0 fully saturated rings. The van der Waals surface area contributed by atoms with Crippen molar-refractivity contribution in [2.75, 3.05) is 0 Å². The number of amides is 1. The quantitative estimate of drug-likeness (QED) is 0.821. The molecule has 0 unspecified atom stereocenters. The average Bonchev–Trinajstić information content (AvgIpc) is 2.17. The highest BCUT2D eigenvalue weighted by Crippen LogP contribution is 2.05. The molecule has 0 aliphatic heterocycles. The van der Waals surface area contributed by atoms with Crippen LogP contribution in [0.25, 0.3) is 0 Å². The molecular weight excluding hydrogens is 188 g/mol. The van der Waals surface area contributed by atoms with E-state index >= 15 is 0 Å². The van der Waals surface area contributed by atoms with Crippen LogP contribution in [0.3, 0.4) is 0 Å². The Kier molecular flexibility index (Phi) is 4.28. The molecule has 1 N–H and O–H groups in total. The normalized spacial score (nSPS) is 12.5. The van der Waals surface area contributed by atoms with Gasteiger partial charge in [-0.3, -0.25) is 9.78 Å². The van der Waals surface area contributed by atoms with E-state index in [-0.39, 0.29) is 11.9 Å². The lowest BCUT2D eigenvalue weighted by atomic mass is 10.1. The second kappa shape index (κ2) is 5.49. The van der Waals surface area contributed by atoms with Crippen molar-refractivity contribution in [2.45, 2.75) is 33.2 Å². The molecule has 0 aliphatic rings. The van der Waals surface area contributed by atoms with Gasteiger partial charge in [0, 0.05) is 18.4 Å². The van der Waals surface area contributed by atoms with Crippen LogP contribution in [0, 0.1) is 5.92 Å². The molecule has 15 heavy (non-hydrogen) atoms. The van der Waals surface area contributed by atoms with Gasteiger partial charge in [0.05, 0.1) is 5.56 Å². The van der Waals surface area contributed by atoms with Crippen molar-refractivity contribution in [1.82, 2.24) is 10.3 Å². The molecule has 1 atom stereocenters. The van der Waals surface area contributed by atoms with Gasteiger partial charge in [0.1, 0.15) is 0 Å². The summed E-state index contributed by atoms with van der Waals surface area (Å²) in [6.07, 6.45) is 4.23. The topological polar surface area (TPSA) is 42.0 Å². The predicted molar refractivity (Wildman–Crippen MR) is 60.6 cm³/mol. The third-order valence-electron chi connectivity index (χ3n) is 2.13. The number of aromatic nitrogens is 1. The second-order valence-corrected chi connectivity index (χ2v) is 4.25. The monoisotopic (exact) mass is 206 g/mol. The fraction of sp³-hybridized carbons (Fsp3) is 0.500. The molecule has 1 rings (SSSR count). The van der Waals surface area contributed by atoms with Gasteiger partial charge in [-0.2, -0.15) is 0 Å². The van der Waals surface area contributed by atoms with Crippen molar-refractivity contribution in [2.24, 2.45) is 5.92 Å². The Morgan fingerprint density at radius 3 is 2.73 bits per heavy atom. The lowest BCUT2D eigenvalue weighted by molar-refractivity contribution is 0.0936. The summed E-state index contributed by atoms with van der Waals surface area (Å²) in [7, 11) is 0. The molecule has 0 bridgehead atoms. The van der Waals surface area contributed by atoms with E-state index in [2.05, 4.69) is 24.1 Å². The molecule has 1 heterocycles. The summed E-state index contributed by atoms with van der Waals surface area (Å²) in [5.41, 5.74) is 0.619. The van der Waals surface area contributed by atoms with Gasteiger partial charge in [-0.15, -0.1) is 0 Å². The first-order valence-electron chi connectivity index (χ1n) is 5.30. The van der Waals surface area contributed by atoms with E-state index < -0.39 is 0 Å². The summed E-state index contributed by atoms with van der Waals surface area (Å²) in [4.78, 5) is 15.6. The summed E-state index contributed by atoms with van der Waals surface area (Å²) in [5.74, 6) is 0.547. The number of carbonyl (C=O) groups excluding carboxylic acids is 1. The van der Waals surface area contributed by atoms with Crippen LogP contribution in [0.4, 0.5) is 0 Å². The second-order valence-electron chi connectivity index (χ2n) is 4.25. The number of carbonyl (C=O) groups is 1. The van der Waals surface area contributed by atoms with Crippen LogP contribution in [-0.2, 0) is 0 Å². The average molecular weight is 206 g/mol. The number of hydrogen-bond donors (Lipinski definition) is 1. The van der Waals surface area contributed by atoms with Crippen LogP contribution in [0.5, 0.6) is 0 Å². The van der Waals surface area contributed by atoms with Crippen molar-refractivity contribution in [3.63, 3.8) is 0 Å². The number of hydrogen-bond acceptors (Lipinski definition) is 2. The molecule has 3 nitrogen and oxygen atoms in total.